The summed E-state index contributed by atoms with van der Waals surface area (Å²) >= 11 is 0. The maximum absolute atomic E-state index is 5.57. The molecule has 2 rings (SSSR count). The Balaban J connectivity index is 2.02. The molecule has 2 aromatic heterocycles. The Kier molecular flexibility index (Phi) is 2.67. The molecule has 0 aliphatic carbocycles. The van der Waals surface area contributed by atoms with E-state index >= 15 is 0 Å². The van der Waals surface area contributed by atoms with E-state index < -0.39 is 0 Å². The van der Waals surface area contributed by atoms with Gasteiger partial charge in [0.05, 0.1) is 5.69 Å². The fourth-order valence-electron chi connectivity index (χ4n) is 1.56. The van der Waals surface area contributed by atoms with Crippen LogP contribution in [0.1, 0.15) is 17.1 Å². The fourth-order valence-corrected chi connectivity index (χ4v) is 1.56. The van der Waals surface area contributed by atoms with Crippen LogP contribution in [0.4, 0.5) is 5.95 Å². The van der Waals surface area contributed by atoms with E-state index in [0.29, 0.717) is 5.95 Å². The molecule has 0 unspecified atom stereocenters. The van der Waals surface area contributed by atoms with Gasteiger partial charge in [0.1, 0.15) is 0 Å². The largest absolute Gasteiger partial charge is 0.369 e. The molecule has 3 N–H and O–H groups in total. The average molecular weight is 202 g/mol. The van der Waals surface area contributed by atoms with Crippen LogP contribution in [0.25, 0.3) is 0 Å². The van der Waals surface area contributed by atoms with Gasteiger partial charge in [-0.15, -0.1) is 0 Å². The third-order valence-electron chi connectivity index (χ3n) is 2.35. The number of nitrogens with zero attached hydrogens (tertiary/aromatic N) is 2. The molecule has 0 aliphatic rings. The Morgan fingerprint density at radius 1 is 1.33 bits per heavy atom. The van der Waals surface area contributed by atoms with Gasteiger partial charge in [-0.1, -0.05) is 6.07 Å². The minimum Gasteiger partial charge on any atom is -0.369 e. The summed E-state index contributed by atoms with van der Waals surface area (Å²) < 4.78 is 0. The lowest BCUT2D eigenvalue weighted by molar-refractivity contribution is 0.880. The number of aryl methyl sites for hydroxylation is 3. The summed E-state index contributed by atoms with van der Waals surface area (Å²) in [7, 11) is 0. The van der Waals surface area contributed by atoms with Gasteiger partial charge in [-0.25, -0.2) is 4.98 Å². The SMILES string of the molecule is Cc1[nH]c(N)nc1CCc1ccccn1. The molecule has 2 aromatic rings. The molecule has 0 aromatic carbocycles. The highest BCUT2D eigenvalue weighted by Crippen LogP contribution is 2.09. The van der Waals surface area contributed by atoms with Gasteiger partial charge in [-0.3, -0.25) is 4.98 Å². The van der Waals surface area contributed by atoms with Gasteiger partial charge in [0.25, 0.3) is 0 Å². The molecule has 0 aliphatic heterocycles. The first kappa shape index (κ1) is 9.71. The summed E-state index contributed by atoms with van der Waals surface area (Å²) in [5.41, 5.74) is 8.72. The third-order valence-corrected chi connectivity index (χ3v) is 2.35. The van der Waals surface area contributed by atoms with Crippen molar-refractivity contribution < 1.29 is 0 Å². The Morgan fingerprint density at radius 2 is 2.20 bits per heavy atom. The predicted octanol–water partition coefficient (Wildman–Crippen LogP) is 1.48. The fraction of sp³-hybridized carbons (Fsp3) is 0.273. The van der Waals surface area contributed by atoms with E-state index in [1.165, 1.54) is 0 Å². The van der Waals surface area contributed by atoms with Crippen LogP contribution < -0.4 is 5.73 Å². The van der Waals surface area contributed by atoms with E-state index in [2.05, 4.69) is 15.0 Å². The summed E-state index contributed by atoms with van der Waals surface area (Å²) in [6, 6.07) is 5.93. The summed E-state index contributed by atoms with van der Waals surface area (Å²) in [5.74, 6) is 0.489. The summed E-state index contributed by atoms with van der Waals surface area (Å²) in [6.07, 6.45) is 3.57. The van der Waals surface area contributed by atoms with Crippen molar-refractivity contribution in [3.05, 3.63) is 41.5 Å². The van der Waals surface area contributed by atoms with E-state index in [0.717, 1.165) is 29.9 Å². The van der Waals surface area contributed by atoms with Crippen molar-refractivity contribution in [2.24, 2.45) is 0 Å². The molecular formula is C11H14N4. The standard InChI is InChI=1S/C11H14N4/c1-8-10(15-11(12)14-8)6-5-9-4-2-3-7-13-9/h2-4,7H,5-6H2,1H3,(H3,12,14,15). The van der Waals surface area contributed by atoms with E-state index in [1.54, 1.807) is 6.20 Å². The number of hydrogen-bond donors (Lipinski definition) is 2. The van der Waals surface area contributed by atoms with Gasteiger partial charge in [0.2, 0.25) is 0 Å². The molecule has 78 valence electrons. The smallest absolute Gasteiger partial charge is 0.197 e. The molecule has 0 saturated heterocycles. The normalized spacial score (nSPS) is 10.5. The van der Waals surface area contributed by atoms with Crippen LogP contribution >= 0.6 is 0 Å². The van der Waals surface area contributed by atoms with Crippen molar-refractivity contribution in [1.82, 2.24) is 15.0 Å². The van der Waals surface area contributed by atoms with Crippen LogP contribution in [0.3, 0.4) is 0 Å². The highest BCUT2D eigenvalue weighted by Gasteiger charge is 2.04. The second-order valence-corrected chi connectivity index (χ2v) is 3.51. The molecule has 0 bridgehead atoms. The Morgan fingerprint density at radius 3 is 2.80 bits per heavy atom. The monoisotopic (exact) mass is 202 g/mol. The second-order valence-electron chi connectivity index (χ2n) is 3.51. The number of H-pyrrole nitrogens is 1. The molecule has 4 nitrogen and oxygen atoms in total. The topological polar surface area (TPSA) is 67.6 Å². The maximum atomic E-state index is 5.57. The number of aromatic amines is 1. The Hall–Kier alpha value is -1.84. The number of anilines is 1. The minimum atomic E-state index is 0.489. The van der Waals surface area contributed by atoms with Crippen LogP contribution in [0.2, 0.25) is 0 Å². The predicted molar refractivity (Wildman–Crippen MR) is 59.4 cm³/mol. The molecular weight excluding hydrogens is 188 g/mol. The van der Waals surface area contributed by atoms with E-state index in [-0.39, 0.29) is 0 Å². The second kappa shape index (κ2) is 4.13. The Bertz CT molecular complexity index is 433. The van der Waals surface area contributed by atoms with Gasteiger partial charge in [0, 0.05) is 17.6 Å². The Labute approximate surface area is 88.6 Å². The highest BCUT2D eigenvalue weighted by molar-refractivity contribution is 5.25. The van der Waals surface area contributed by atoms with Gasteiger partial charge in [0.15, 0.2) is 5.95 Å². The number of hydrogen-bond acceptors (Lipinski definition) is 3. The quantitative estimate of drug-likeness (QED) is 0.792. The first-order valence-corrected chi connectivity index (χ1v) is 4.96. The van der Waals surface area contributed by atoms with Crippen LogP contribution in [0, 0.1) is 6.92 Å². The maximum Gasteiger partial charge on any atom is 0.197 e. The molecule has 0 saturated carbocycles. The van der Waals surface area contributed by atoms with E-state index in [9.17, 15) is 0 Å². The third kappa shape index (κ3) is 2.34. The first-order valence-electron chi connectivity index (χ1n) is 4.96. The van der Waals surface area contributed by atoms with Crippen molar-refractivity contribution in [2.75, 3.05) is 5.73 Å². The lowest BCUT2D eigenvalue weighted by atomic mass is 10.1. The number of nitrogen functional groups attached to an aromatic ring is 1. The first-order chi connectivity index (χ1) is 7.25. The number of aromatic nitrogens is 3. The van der Waals surface area contributed by atoms with Crippen molar-refractivity contribution >= 4 is 5.95 Å². The summed E-state index contributed by atoms with van der Waals surface area (Å²) in [4.78, 5) is 11.5. The van der Waals surface area contributed by atoms with E-state index in [1.807, 2.05) is 25.1 Å². The van der Waals surface area contributed by atoms with Crippen molar-refractivity contribution in [1.29, 1.82) is 0 Å². The lowest BCUT2D eigenvalue weighted by Gasteiger charge is -1.98. The molecule has 4 heteroatoms. The van der Waals surface area contributed by atoms with E-state index in [4.69, 9.17) is 5.73 Å². The number of nitrogens with one attached hydrogen (secondary N) is 1. The van der Waals surface area contributed by atoms with Gasteiger partial charge in [-0.05, 0) is 31.9 Å². The molecule has 0 radical (unpaired) electrons. The molecule has 0 amide bonds. The zero-order valence-electron chi connectivity index (χ0n) is 8.70. The zero-order valence-corrected chi connectivity index (χ0v) is 8.70. The van der Waals surface area contributed by atoms with Crippen molar-refractivity contribution in [3.8, 4) is 0 Å². The number of imidazole rings is 1. The molecule has 2 heterocycles. The van der Waals surface area contributed by atoms with Gasteiger partial charge in [-0.2, -0.15) is 0 Å². The molecule has 0 fully saturated rings. The lowest BCUT2D eigenvalue weighted by Crippen LogP contribution is -1.96. The molecule has 15 heavy (non-hydrogen) atoms. The number of rotatable bonds is 3. The number of pyridine rings is 1. The van der Waals surface area contributed by atoms with Crippen LogP contribution in [0.15, 0.2) is 24.4 Å². The van der Waals surface area contributed by atoms with Crippen LogP contribution in [-0.2, 0) is 12.8 Å². The average Bonchev–Trinajstić information content (AvgIpc) is 2.56. The van der Waals surface area contributed by atoms with Crippen molar-refractivity contribution in [2.45, 2.75) is 19.8 Å². The zero-order chi connectivity index (χ0) is 10.7. The highest BCUT2D eigenvalue weighted by atomic mass is 15.0. The summed E-state index contributed by atoms with van der Waals surface area (Å²) in [5, 5.41) is 0. The minimum absolute atomic E-state index is 0.489. The molecule has 0 spiro atoms. The molecule has 0 atom stereocenters. The van der Waals surface area contributed by atoms with Crippen LogP contribution in [-0.4, -0.2) is 15.0 Å². The van der Waals surface area contributed by atoms with Gasteiger partial charge >= 0.3 is 0 Å². The summed E-state index contributed by atoms with van der Waals surface area (Å²) in [6.45, 7) is 1.98. The van der Waals surface area contributed by atoms with Crippen LogP contribution in [0.5, 0.6) is 0 Å². The van der Waals surface area contributed by atoms with Crippen molar-refractivity contribution in [3.63, 3.8) is 0 Å². The van der Waals surface area contributed by atoms with Gasteiger partial charge < -0.3 is 10.7 Å². The number of nitrogens with two attached hydrogens (primary N) is 1.